The third-order valence-electron chi connectivity index (χ3n) is 5.84. The summed E-state index contributed by atoms with van der Waals surface area (Å²) >= 11 is 0. The molecule has 1 aliphatic carbocycles. The lowest BCUT2D eigenvalue weighted by atomic mass is 9.80. The van der Waals surface area contributed by atoms with Crippen LogP contribution in [0.4, 0.5) is 0 Å². The molecule has 1 saturated heterocycles. The van der Waals surface area contributed by atoms with Gasteiger partial charge in [-0.3, -0.25) is 4.79 Å². The predicted molar refractivity (Wildman–Crippen MR) is 104 cm³/mol. The van der Waals surface area contributed by atoms with E-state index in [0.29, 0.717) is 17.5 Å². The maximum absolute atomic E-state index is 12.4. The molecule has 1 aliphatic heterocycles. The average Bonchev–Trinajstić information content (AvgIpc) is 3.34. The van der Waals surface area contributed by atoms with Crippen LogP contribution in [0.5, 0.6) is 0 Å². The van der Waals surface area contributed by atoms with Crippen molar-refractivity contribution in [3.8, 4) is 11.3 Å². The summed E-state index contributed by atoms with van der Waals surface area (Å²) < 4.78 is 11.1. The first-order valence-corrected chi connectivity index (χ1v) is 10.1. The van der Waals surface area contributed by atoms with Gasteiger partial charge in [0.1, 0.15) is 5.69 Å². The molecule has 2 aliphatic rings. The summed E-state index contributed by atoms with van der Waals surface area (Å²) in [6, 6.07) is 11.4. The molecule has 0 spiro atoms. The first kappa shape index (κ1) is 18.1. The number of hydrogen-bond donors (Lipinski definition) is 1. The highest BCUT2D eigenvalue weighted by Gasteiger charge is 2.37. The molecule has 2 aromatic heterocycles. The zero-order chi connectivity index (χ0) is 19.8. The van der Waals surface area contributed by atoms with Crippen molar-refractivity contribution in [2.24, 2.45) is 0 Å². The Morgan fingerprint density at radius 3 is 2.59 bits per heavy atom. The van der Waals surface area contributed by atoms with Crippen LogP contribution < -0.4 is 5.32 Å². The number of amides is 1. The number of likely N-dealkylation sites (tertiary alicyclic amines) is 1. The fraction of sp³-hybridized carbons (Fsp3) is 0.429. The second-order valence-corrected chi connectivity index (χ2v) is 7.81. The van der Waals surface area contributed by atoms with Gasteiger partial charge in [0, 0.05) is 36.7 Å². The summed E-state index contributed by atoms with van der Waals surface area (Å²) in [5.74, 6) is 1.97. The van der Waals surface area contributed by atoms with Gasteiger partial charge in [0.05, 0.1) is 5.92 Å². The van der Waals surface area contributed by atoms with Crippen LogP contribution in [0.25, 0.3) is 11.3 Å². The monoisotopic (exact) mass is 393 g/mol. The molecule has 0 unspecified atom stereocenters. The van der Waals surface area contributed by atoms with Crippen molar-refractivity contribution in [2.75, 3.05) is 19.6 Å². The molecule has 8 heteroatoms. The normalized spacial score (nSPS) is 22.1. The van der Waals surface area contributed by atoms with E-state index in [1.807, 2.05) is 30.3 Å². The molecule has 0 bridgehead atoms. The molecule has 5 rings (SSSR count). The van der Waals surface area contributed by atoms with Gasteiger partial charge in [0.15, 0.2) is 0 Å². The lowest BCUT2D eigenvalue weighted by Gasteiger charge is -2.36. The number of rotatable bonds is 6. The second kappa shape index (κ2) is 7.44. The number of hydrogen-bond acceptors (Lipinski definition) is 7. The number of likely N-dealkylation sites (N-methyl/N-ethyl adjacent to an activating group) is 1. The van der Waals surface area contributed by atoms with Crippen molar-refractivity contribution in [1.82, 2.24) is 25.6 Å². The van der Waals surface area contributed by atoms with E-state index in [1.54, 1.807) is 6.07 Å². The molecule has 150 valence electrons. The van der Waals surface area contributed by atoms with E-state index in [2.05, 4.69) is 32.5 Å². The van der Waals surface area contributed by atoms with Gasteiger partial charge in [0.2, 0.25) is 17.5 Å². The van der Waals surface area contributed by atoms with E-state index >= 15 is 0 Å². The summed E-state index contributed by atoms with van der Waals surface area (Å²) in [7, 11) is 0. The Morgan fingerprint density at radius 1 is 1.14 bits per heavy atom. The molecule has 0 radical (unpaired) electrons. The maximum Gasteiger partial charge on any atom is 0.290 e. The Morgan fingerprint density at radius 2 is 1.86 bits per heavy atom. The zero-order valence-corrected chi connectivity index (χ0v) is 16.2. The molecule has 8 nitrogen and oxygen atoms in total. The molecule has 3 heterocycles. The lowest BCUT2D eigenvalue weighted by Crippen LogP contribution is -2.44. The molecular formula is C21H23N5O3. The average molecular weight is 393 g/mol. The molecule has 3 aromatic rings. The molecule has 29 heavy (non-hydrogen) atoms. The van der Waals surface area contributed by atoms with Crippen LogP contribution in [0.2, 0.25) is 0 Å². The maximum atomic E-state index is 12.4. The molecule has 1 aromatic carbocycles. The van der Waals surface area contributed by atoms with Crippen LogP contribution >= 0.6 is 0 Å². The van der Waals surface area contributed by atoms with Gasteiger partial charge in [0.25, 0.3) is 5.91 Å². The highest BCUT2D eigenvalue weighted by atomic mass is 16.5. The number of benzene rings is 1. The number of nitrogens with zero attached hydrogens (tertiary/aromatic N) is 4. The van der Waals surface area contributed by atoms with E-state index in [-0.39, 0.29) is 23.6 Å². The first-order valence-electron chi connectivity index (χ1n) is 10.1. The topological polar surface area (TPSA) is 97.3 Å². The molecule has 1 amide bonds. The van der Waals surface area contributed by atoms with E-state index in [4.69, 9.17) is 8.94 Å². The van der Waals surface area contributed by atoms with Crippen molar-refractivity contribution in [3.63, 3.8) is 0 Å². The van der Waals surface area contributed by atoms with Gasteiger partial charge in [-0.2, -0.15) is 0 Å². The van der Waals surface area contributed by atoms with Crippen LogP contribution in [0.3, 0.4) is 0 Å². The predicted octanol–water partition coefficient (Wildman–Crippen LogP) is 2.82. The Labute approximate surface area is 168 Å². The Hall–Kier alpha value is -3.00. The van der Waals surface area contributed by atoms with Gasteiger partial charge in [-0.25, -0.2) is 0 Å². The van der Waals surface area contributed by atoms with Crippen LogP contribution in [0, 0.1) is 0 Å². The summed E-state index contributed by atoms with van der Waals surface area (Å²) in [5.41, 5.74) is 1.57. The fourth-order valence-corrected chi connectivity index (χ4v) is 3.88. The number of nitrogens with one attached hydrogen (secondary N) is 1. The standard InChI is InChI=1S/C21H23N5O3/c1-2-26-11-15(12-26)21-24-23-20(28-21)14-8-16(9-14)22-19(27)18-10-17(25-29-18)13-6-4-3-5-7-13/h3-7,10,14-16H,2,8-9,11-12H2,1H3,(H,22,27)/t14-,16-. The molecular weight excluding hydrogens is 370 g/mol. The van der Waals surface area contributed by atoms with Crippen molar-refractivity contribution in [2.45, 2.75) is 37.6 Å². The Kier molecular flexibility index (Phi) is 4.63. The van der Waals surface area contributed by atoms with E-state index in [0.717, 1.165) is 43.9 Å². The minimum Gasteiger partial charge on any atom is -0.425 e. The number of carbonyl (C=O) groups excluding carboxylic acids is 1. The quantitative estimate of drug-likeness (QED) is 0.688. The van der Waals surface area contributed by atoms with Gasteiger partial charge in [-0.15, -0.1) is 10.2 Å². The fourth-order valence-electron chi connectivity index (χ4n) is 3.88. The van der Waals surface area contributed by atoms with Crippen molar-refractivity contribution in [1.29, 1.82) is 0 Å². The minimum atomic E-state index is -0.247. The SMILES string of the molecule is CCN1CC(c2nnc([C@H]3C[C@H](NC(=O)c4cc(-c5ccccc5)no4)C3)o2)C1. The third-order valence-corrected chi connectivity index (χ3v) is 5.84. The summed E-state index contributed by atoms with van der Waals surface area (Å²) in [6.07, 6.45) is 1.58. The number of aromatic nitrogens is 3. The van der Waals surface area contributed by atoms with E-state index in [1.165, 1.54) is 0 Å². The van der Waals surface area contributed by atoms with Crippen LogP contribution in [0.15, 0.2) is 45.3 Å². The van der Waals surface area contributed by atoms with Crippen LogP contribution in [-0.2, 0) is 0 Å². The summed E-state index contributed by atoms with van der Waals surface area (Å²) in [6.45, 7) is 5.19. The third kappa shape index (κ3) is 3.55. The van der Waals surface area contributed by atoms with Gasteiger partial charge < -0.3 is 19.2 Å². The molecule has 1 saturated carbocycles. The molecule has 0 atom stereocenters. The highest BCUT2D eigenvalue weighted by molar-refractivity contribution is 5.92. The van der Waals surface area contributed by atoms with Crippen LogP contribution in [-0.4, -0.2) is 51.8 Å². The van der Waals surface area contributed by atoms with Crippen LogP contribution in [0.1, 0.15) is 53.9 Å². The highest BCUT2D eigenvalue weighted by Crippen LogP contribution is 2.37. The molecule has 2 fully saturated rings. The molecule has 1 N–H and O–H groups in total. The Bertz CT molecular complexity index is 987. The lowest BCUT2D eigenvalue weighted by molar-refractivity contribution is 0.0864. The minimum absolute atomic E-state index is 0.0763. The van der Waals surface area contributed by atoms with E-state index in [9.17, 15) is 4.79 Å². The zero-order valence-electron chi connectivity index (χ0n) is 16.2. The number of carbonyl (C=O) groups is 1. The van der Waals surface area contributed by atoms with Gasteiger partial charge in [-0.1, -0.05) is 42.4 Å². The van der Waals surface area contributed by atoms with Crippen molar-refractivity contribution < 1.29 is 13.7 Å². The smallest absolute Gasteiger partial charge is 0.290 e. The van der Waals surface area contributed by atoms with Gasteiger partial charge >= 0.3 is 0 Å². The van der Waals surface area contributed by atoms with Crippen molar-refractivity contribution in [3.05, 3.63) is 53.9 Å². The first-order chi connectivity index (χ1) is 14.2. The van der Waals surface area contributed by atoms with Crippen molar-refractivity contribution >= 4 is 5.91 Å². The van der Waals surface area contributed by atoms with Gasteiger partial charge in [-0.05, 0) is 19.4 Å². The van der Waals surface area contributed by atoms with E-state index < -0.39 is 0 Å². The second-order valence-electron chi connectivity index (χ2n) is 7.81. The Balaban J connectivity index is 1.13. The largest absolute Gasteiger partial charge is 0.425 e. The summed E-state index contributed by atoms with van der Waals surface area (Å²) in [5, 5.41) is 15.4. The summed E-state index contributed by atoms with van der Waals surface area (Å²) in [4.78, 5) is 14.8.